The molecule has 0 spiro atoms. The standard InChI is InChI=1S/C15H11BrFN3O/c1-8-2-4-10(11(16)6-8)14-19-15(21-20-14)9-3-5-13(18)12(17)7-9/h2-7H,18H2,1H3. The Labute approximate surface area is 128 Å². The topological polar surface area (TPSA) is 64.9 Å². The predicted molar refractivity (Wildman–Crippen MR) is 82.0 cm³/mol. The van der Waals surface area contributed by atoms with Gasteiger partial charge in [-0.15, -0.1) is 0 Å². The normalized spacial score (nSPS) is 10.8. The van der Waals surface area contributed by atoms with Crippen molar-refractivity contribution in [1.82, 2.24) is 10.1 Å². The third-order valence-corrected chi connectivity index (χ3v) is 3.70. The number of aryl methyl sites for hydroxylation is 1. The fourth-order valence-electron chi connectivity index (χ4n) is 1.91. The van der Waals surface area contributed by atoms with E-state index in [0.717, 1.165) is 15.6 Å². The summed E-state index contributed by atoms with van der Waals surface area (Å²) < 4.78 is 19.6. The number of benzene rings is 2. The number of hydrogen-bond acceptors (Lipinski definition) is 4. The van der Waals surface area contributed by atoms with Crippen LogP contribution in [0.4, 0.5) is 10.1 Å². The van der Waals surface area contributed by atoms with Gasteiger partial charge in [0.2, 0.25) is 5.82 Å². The molecule has 0 saturated heterocycles. The third kappa shape index (κ3) is 2.67. The molecule has 2 aromatic carbocycles. The maximum Gasteiger partial charge on any atom is 0.258 e. The molecular formula is C15H11BrFN3O. The van der Waals surface area contributed by atoms with Gasteiger partial charge in [0.25, 0.3) is 5.89 Å². The van der Waals surface area contributed by atoms with Crippen molar-refractivity contribution >= 4 is 21.6 Å². The summed E-state index contributed by atoms with van der Waals surface area (Å²) in [6.45, 7) is 1.99. The second-order valence-electron chi connectivity index (χ2n) is 4.64. The molecule has 2 N–H and O–H groups in total. The summed E-state index contributed by atoms with van der Waals surface area (Å²) in [5.74, 6) is 0.175. The Hall–Kier alpha value is -2.21. The van der Waals surface area contributed by atoms with Gasteiger partial charge in [0.15, 0.2) is 0 Å². The maximum atomic E-state index is 13.5. The summed E-state index contributed by atoms with van der Waals surface area (Å²) in [5.41, 5.74) is 7.95. The molecule has 3 aromatic rings. The van der Waals surface area contributed by atoms with Gasteiger partial charge >= 0.3 is 0 Å². The quantitative estimate of drug-likeness (QED) is 0.705. The first-order valence-electron chi connectivity index (χ1n) is 6.20. The van der Waals surface area contributed by atoms with Crippen LogP contribution < -0.4 is 5.73 Å². The molecule has 21 heavy (non-hydrogen) atoms. The van der Waals surface area contributed by atoms with Crippen LogP contribution in [-0.4, -0.2) is 10.1 Å². The fourth-order valence-corrected chi connectivity index (χ4v) is 2.58. The lowest BCUT2D eigenvalue weighted by molar-refractivity contribution is 0.432. The zero-order valence-electron chi connectivity index (χ0n) is 11.1. The Morgan fingerprint density at radius 2 is 2.00 bits per heavy atom. The molecule has 0 saturated carbocycles. The third-order valence-electron chi connectivity index (χ3n) is 3.04. The van der Waals surface area contributed by atoms with E-state index >= 15 is 0 Å². The molecule has 106 valence electrons. The number of rotatable bonds is 2. The Morgan fingerprint density at radius 1 is 1.19 bits per heavy atom. The Kier molecular flexibility index (Phi) is 3.47. The first-order chi connectivity index (χ1) is 10.0. The molecule has 1 aromatic heterocycles. The molecule has 0 aliphatic carbocycles. The molecule has 1 heterocycles. The van der Waals surface area contributed by atoms with Gasteiger partial charge in [-0.2, -0.15) is 4.98 Å². The molecule has 4 nitrogen and oxygen atoms in total. The van der Waals surface area contributed by atoms with Gasteiger partial charge in [-0.25, -0.2) is 4.39 Å². The monoisotopic (exact) mass is 347 g/mol. The van der Waals surface area contributed by atoms with Crippen LogP contribution in [0.2, 0.25) is 0 Å². The van der Waals surface area contributed by atoms with Gasteiger partial charge in [-0.3, -0.25) is 0 Å². The highest BCUT2D eigenvalue weighted by Gasteiger charge is 2.14. The summed E-state index contributed by atoms with van der Waals surface area (Å²) in [4.78, 5) is 4.30. The van der Waals surface area contributed by atoms with Crippen molar-refractivity contribution in [3.8, 4) is 22.8 Å². The van der Waals surface area contributed by atoms with Gasteiger partial charge in [0.05, 0.1) is 5.69 Å². The molecule has 0 aliphatic rings. The Bertz CT molecular complexity index is 816. The van der Waals surface area contributed by atoms with Gasteiger partial charge in [-0.1, -0.05) is 27.2 Å². The van der Waals surface area contributed by atoms with Crippen LogP contribution in [0.3, 0.4) is 0 Å². The molecule has 3 rings (SSSR count). The van der Waals surface area contributed by atoms with E-state index in [2.05, 4.69) is 26.1 Å². The summed E-state index contributed by atoms with van der Waals surface area (Å²) in [5, 5.41) is 3.94. The summed E-state index contributed by atoms with van der Waals surface area (Å²) in [6.07, 6.45) is 0. The maximum absolute atomic E-state index is 13.5. The molecule has 0 bridgehead atoms. The zero-order valence-corrected chi connectivity index (χ0v) is 12.7. The van der Waals surface area contributed by atoms with Crippen LogP contribution in [0, 0.1) is 12.7 Å². The smallest absolute Gasteiger partial charge is 0.258 e. The van der Waals surface area contributed by atoms with E-state index in [-0.39, 0.29) is 11.6 Å². The van der Waals surface area contributed by atoms with Crippen molar-refractivity contribution in [2.75, 3.05) is 5.73 Å². The van der Waals surface area contributed by atoms with Gasteiger partial charge in [0, 0.05) is 15.6 Å². The number of nitrogen functional groups attached to an aromatic ring is 1. The van der Waals surface area contributed by atoms with E-state index in [0.29, 0.717) is 11.4 Å². The number of anilines is 1. The summed E-state index contributed by atoms with van der Waals surface area (Å²) in [7, 11) is 0. The lowest BCUT2D eigenvalue weighted by atomic mass is 10.1. The molecule has 0 atom stereocenters. The van der Waals surface area contributed by atoms with E-state index < -0.39 is 5.82 Å². The van der Waals surface area contributed by atoms with Crippen molar-refractivity contribution in [1.29, 1.82) is 0 Å². The molecule has 0 amide bonds. The van der Waals surface area contributed by atoms with E-state index in [4.69, 9.17) is 10.3 Å². The molecule has 0 aliphatic heterocycles. The van der Waals surface area contributed by atoms with Crippen LogP contribution in [0.25, 0.3) is 22.8 Å². The highest BCUT2D eigenvalue weighted by atomic mass is 79.9. The number of hydrogen-bond donors (Lipinski definition) is 1. The second kappa shape index (κ2) is 5.29. The SMILES string of the molecule is Cc1ccc(-c2noc(-c3ccc(N)c(F)c3)n2)c(Br)c1. The molecule has 0 radical (unpaired) electrons. The fraction of sp³-hybridized carbons (Fsp3) is 0.0667. The lowest BCUT2D eigenvalue weighted by Gasteiger charge is -2.00. The predicted octanol–water partition coefficient (Wildman–Crippen LogP) is 4.20. The average Bonchev–Trinajstić information content (AvgIpc) is 2.91. The first kappa shape index (κ1) is 13.8. The lowest BCUT2D eigenvalue weighted by Crippen LogP contribution is -1.90. The van der Waals surface area contributed by atoms with Gasteiger partial charge in [0.1, 0.15) is 5.82 Å². The number of halogens is 2. The van der Waals surface area contributed by atoms with Crippen molar-refractivity contribution < 1.29 is 8.91 Å². The number of aromatic nitrogens is 2. The minimum Gasteiger partial charge on any atom is -0.396 e. The minimum atomic E-state index is -0.510. The van der Waals surface area contributed by atoms with E-state index in [1.54, 1.807) is 6.07 Å². The minimum absolute atomic E-state index is 0.0831. The molecule has 0 fully saturated rings. The van der Waals surface area contributed by atoms with Crippen molar-refractivity contribution in [2.45, 2.75) is 6.92 Å². The van der Waals surface area contributed by atoms with E-state index in [1.807, 2.05) is 25.1 Å². The second-order valence-corrected chi connectivity index (χ2v) is 5.50. The number of nitrogens with two attached hydrogens (primary N) is 1. The van der Waals surface area contributed by atoms with Crippen LogP contribution in [-0.2, 0) is 0 Å². The summed E-state index contributed by atoms with van der Waals surface area (Å²) >= 11 is 3.47. The van der Waals surface area contributed by atoms with E-state index in [1.165, 1.54) is 12.1 Å². The molecule has 6 heteroatoms. The zero-order chi connectivity index (χ0) is 15.0. The first-order valence-corrected chi connectivity index (χ1v) is 6.99. The van der Waals surface area contributed by atoms with Crippen LogP contribution in [0.15, 0.2) is 45.4 Å². The highest BCUT2D eigenvalue weighted by molar-refractivity contribution is 9.10. The number of nitrogens with zero attached hydrogens (tertiary/aromatic N) is 2. The Balaban J connectivity index is 2.01. The average molecular weight is 348 g/mol. The highest BCUT2D eigenvalue weighted by Crippen LogP contribution is 2.29. The molecule has 0 unspecified atom stereocenters. The largest absolute Gasteiger partial charge is 0.396 e. The van der Waals surface area contributed by atoms with Gasteiger partial charge < -0.3 is 10.3 Å². The van der Waals surface area contributed by atoms with Crippen molar-refractivity contribution in [3.63, 3.8) is 0 Å². The van der Waals surface area contributed by atoms with Crippen molar-refractivity contribution in [2.24, 2.45) is 0 Å². The van der Waals surface area contributed by atoms with Crippen LogP contribution in [0.1, 0.15) is 5.56 Å². The Morgan fingerprint density at radius 3 is 2.71 bits per heavy atom. The summed E-state index contributed by atoms with van der Waals surface area (Å²) in [6, 6.07) is 10.2. The van der Waals surface area contributed by atoms with Crippen LogP contribution >= 0.6 is 15.9 Å². The van der Waals surface area contributed by atoms with E-state index in [9.17, 15) is 4.39 Å². The van der Waals surface area contributed by atoms with Crippen molar-refractivity contribution in [3.05, 3.63) is 52.3 Å². The van der Waals surface area contributed by atoms with Crippen LogP contribution in [0.5, 0.6) is 0 Å². The van der Waals surface area contributed by atoms with Gasteiger partial charge in [-0.05, 0) is 42.8 Å². The molecular weight excluding hydrogens is 337 g/mol.